The average Bonchev–Trinajstić information content (AvgIpc) is 3.56. The monoisotopic (exact) mass is 631 g/mol. The molecule has 7 nitrogen and oxygen atoms in total. The van der Waals surface area contributed by atoms with Crippen LogP contribution in [0.25, 0.3) is 27.8 Å². The molecule has 2 aromatic heterocycles. The van der Waals surface area contributed by atoms with Crippen LogP contribution in [0.3, 0.4) is 0 Å². The largest absolute Gasteiger partial charge is 0.496 e. The number of carbonyl (C=O) groups is 1. The Morgan fingerprint density at radius 1 is 1.00 bits per heavy atom. The third-order valence-corrected chi connectivity index (χ3v) is 9.30. The summed E-state index contributed by atoms with van der Waals surface area (Å²) in [4.78, 5) is 33.2. The Morgan fingerprint density at radius 2 is 1.74 bits per heavy atom. The molecule has 0 radical (unpaired) electrons. The van der Waals surface area contributed by atoms with Crippen LogP contribution in [0.1, 0.15) is 36.6 Å². The quantitative estimate of drug-likeness (QED) is 0.200. The normalized spacial score (nSPS) is 14.9. The molecule has 9 heteroatoms. The number of esters is 1. The third kappa shape index (κ3) is 5.02. The first-order valence-electron chi connectivity index (χ1n) is 15.0. The summed E-state index contributed by atoms with van der Waals surface area (Å²) in [5, 5.41) is 2.79. The standard InChI is InChI=1S/C37H30FN3O4S/c1-4-45-36(43)32-22(2)39-37-41(34(32)33-28-11-6-5-9-24(28)15-18-30(33)44-3)35(42)31(46-37)19-25-21-40(29-12-8-7-10-27(25)29)20-23-13-16-26(38)17-14-23/h5-19,21,34H,4,20H2,1-3H3/b31-19+/t34-/m0/s1. The molecular formula is C37H30FN3O4S. The minimum absolute atomic E-state index is 0.182. The summed E-state index contributed by atoms with van der Waals surface area (Å²) in [5.74, 6) is -0.251. The maximum absolute atomic E-state index is 14.5. The Hall–Kier alpha value is -5.28. The van der Waals surface area contributed by atoms with E-state index in [1.54, 1.807) is 37.7 Å². The fourth-order valence-electron chi connectivity index (χ4n) is 6.25. The molecule has 1 aliphatic heterocycles. The van der Waals surface area contributed by atoms with Crippen LogP contribution in [0, 0.1) is 5.82 Å². The molecule has 0 fully saturated rings. The van der Waals surface area contributed by atoms with Crippen LogP contribution in [0.5, 0.6) is 5.75 Å². The highest BCUT2D eigenvalue weighted by Crippen LogP contribution is 2.40. The Bertz CT molecular complexity index is 2370. The molecule has 0 aliphatic carbocycles. The number of hydrogen-bond donors (Lipinski definition) is 0. The van der Waals surface area contributed by atoms with Crippen LogP contribution in [0.15, 0.2) is 112 Å². The molecule has 1 aliphatic rings. The maximum atomic E-state index is 14.5. The SMILES string of the molecule is CCOC(=O)C1=C(C)N=c2s/c(=C/c3cn(Cc4ccc(F)cc4)c4ccccc34)c(=O)n2[C@@H]1c1c(OC)ccc2ccccc12. The van der Waals surface area contributed by atoms with E-state index >= 15 is 0 Å². The number of halogens is 1. The molecule has 0 unspecified atom stereocenters. The van der Waals surface area contributed by atoms with Gasteiger partial charge in [-0.3, -0.25) is 9.36 Å². The van der Waals surface area contributed by atoms with Gasteiger partial charge in [-0.2, -0.15) is 0 Å². The molecule has 6 aromatic rings. The topological polar surface area (TPSA) is 74.8 Å². The number of hydrogen-bond acceptors (Lipinski definition) is 6. The summed E-state index contributed by atoms with van der Waals surface area (Å²) < 4.78 is 29.1. The maximum Gasteiger partial charge on any atom is 0.338 e. The highest BCUT2D eigenvalue weighted by Gasteiger charge is 2.36. The lowest BCUT2D eigenvalue weighted by Crippen LogP contribution is -2.40. The zero-order valence-electron chi connectivity index (χ0n) is 25.5. The minimum atomic E-state index is -0.821. The number of thiazole rings is 1. The van der Waals surface area contributed by atoms with Gasteiger partial charge in [0, 0.05) is 34.8 Å². The first-order valence-corrected chi connectivity index (χ1v) is 15.8. The van der Waals surface area contributed by atoms with E-state index in [-0.39, 0.29) is 18.0 Å². The van der Waals surface area contributed by atoms with Crippen molar-refractivity contribution in [3.05, 3.63) is 145 Å². The highest BCUT2D eigenvalue weighted by molar-refractivity contribution is 7.07. The van der Waals surface area contributed by atoms with Crippen LogP contribution >= 0.6 is 11.3 Å². The third-order valence-electron chi connectivity index (χ3n) is 8.31. The van der Waals surface area contributed by atoms with E-state index in [0.29, 0.717) is 38.5 Å². The first kappa shape index (κ1) is 29.4. The van der Waals surface area contributed by atoms with Gasteiger partial charge in [-0.1, -0.05) is 72.0 Å². The van der Waals surface area contributed by atoms with E-state index in [0.717, 1.165) is 32.8 Å². The van der Waals surface area contributed by atoms with E-state index in [2.05, 4.69) is 4.57 Å². The summed E-state index contributed by atoms with van der Waals surface area (Å²) in [5.41, 5.74) is 4.02. The van der Waals surface area contributed by atoms with Crippen molar-refractivity contribution in [1.82, 2.24) is 9.13 Å². The number of carbonyl (C=O) groups excluding carboxylic acids is 1. The van der Waals surface area contributed by atoms with Gasteiger partial charge in [0.25, 0.3) is 5.56 Å². The van der Waals surface area contributed by atoms with E-state index in [1.165, 1.54) is 23.5 Å². The van der Waals surface area contributed by atoms with E-state index in [4.69, 9.17) is 14.5 Å². The zero-order valence-corrected chi connectivity index (χ0v) is 26.3. The molecule has 4 aromatic carbocycles. The Labute approximate surface area is 267 Å². The predicted molar refractivity (Wildman–Crippen MR) is 178 cm³/mol. The number of aromatic nitrogens is 2. The van der Waals surface area contributed by atoms with Gasteiger partial charge in [-0.05, 0) is 60.5 Å². The summed E-state index contributed by atoms with van der Waals surface area (Å²) in [6, 6.07) is 25.3. The van der Waals surface area contributed by atoms with Gasteiger partial charge < -0.3 is 14.0 Å². The van der Waals surface area contributed by atoms with Crippen molar-refractivity contribution in [3.63, 3.8) is 0 Å². The molecule has 1 atom stereocenters. The second-order valence-electron chi connectivity index (χ2n) is 11.1. The number of benzene rings is 4. The summed E-state index contributed by atoms with van der Waals surface area (Å²) in [7, 11) is 1.58. The Morgan fingerprint density at radius 3 is 2.50 bits per heavy atom. The van der Waals surface area contributed by atoms with E-state index in [9.17, 15) is 14.0 Å². The van der Waals surface area contributed by atoms with Crippen LogP contribution in [-0.2, 0) is 16.1 Å². The predicted octanol–water partition coefficient (Wildman–Crippen LogP) is 6.10. The van der Waals surface area contributed by atoms with Gasteiger partial charge in [0.2, 0.25) is 0 Å². The number of ether oxygens (including phenoxy) is 2. The number of fused-ring (bicyclic) bond motifs is 3. The van der Waals surface area contributed by atoms with Crippen molar-refractivity contribution in [2.24, 2.45) is 4.99 Å². The number of nitrogens with zero attached hydrogens (tertiary/aromatic N) is 3. The molecule has 0 saturated carbocycles. The summed E-state index contributed by atoms with van der Waals surface area (Å²) >= 11 is 1.28. The van der Waals surface area contributed by atoms with Crippen molar-refractivity contribution in [3.8, 4) is 5.75 Å². The Balaban J connectivity index is 1.45. The fraction of sp³-hybridized carbons (Fsp3) is 0.162. The summed E-state index contributed by atoms with van der Waals surface area (Å²) in [6.07, 6.45) is 3.89. The second kappa shape index (κ2) is 11.9. The van der Waals surface area contributed by atoms with E-state index < -0.39 is 12.0 Å². The zero-order chi connectivity index (χ0) is 31.9. The lowest BCUT2D eigenvalue weighted by Gasteiger charge is -2.27. The van der Waals surface area contributed by atoms with Crippen molar-refractivity contribution < 1.29 is 18.7 Å². The smallest absolute Gasteiger partial charge is 0.338 e. The van der Waals surface area contributed by atoms with Gasteiger partial charge in [0.15, 0.2) is 4.80 Å². The number of methoxy groups -OCH3 is 1. The fourth-order valence-corrected chi connectivity index (χ4v) is 7.29. The molecule has 0 bridgehead atoms. The van der Waals surface area contributed by atoms with Gasteiger partial charge in [0.1, 0.15) is 17.6 Å². The van der Waals surface area contributed by atoms with Gasteiger partial charge in [0.05, 0.1) is 29.5 Å². The van der Waals surface area contributed by atoms with Gasteiger partial charge >= 0.3 is 5.97 Å². The van der Waals surface area contributed by atoms with Gasteiger partial charge in [-0.15, -0.1) is 0 Å². The number of allylic oxidation sites excluding steroid dienone is 1. The van der Waals surface area contributed by atoms with Crippen LogP contribution in [0.4, 0.5) is 4.39 Å². The Kier molecular flexibility index (Phi) is 7.62. The van der Waals surface area contributed by atoms with E-state index in [1.807, 2.05) is 72.9 Å². The van der Waals surface area contributed by atoms with Crippen LogP contribution in [-0.4, -0.2) is 28.8 Å². The molecule has 46 heavy (non-hydrogen) atoms. The minimum Gasteiger partial charge on any atom is -0.496 e. The summed E-state index contributed by atoms with van der Waals surface area (Å²) in [6.45, 7) is 4.25. The highest BCUT2D eigenvalue weighted by atomic mass is 32.1. The lowest BCUT2D eigenvalue weighted by atomic mass is 9.90. The molecule has 0 amide bonds. The molecule has 3 heterocycles. The second-order valence-corrected chi connectivity index (χ2v) is 12.1. The average molecular weight is 632 g/mol. The van der Waals surface area contributed by atoms with Crippen LogP contribution in [0.2, 0.25) is 0 Å². The number of para-hydroxylation sites is 1. The van der Waals surface area contributed by atoms with Crippen molar-refractivity contribution in [2.45, 2.75) is 26.4 Å². The van der Waals surface area contributed by atoms with Crippen molar-refractivity contribution >= 4 is 45.1 Å². The molecule has 7 rings (SSSR count). The number of rotatable bonds is 7. The van der Waals surface area contributed by atoms with Crippen molar-refractivity contribution in [1.29, 1.82) is 0 Å². The molecule has 0 saturated heterocycles. The molecule has 230 valence electrons. The van der Waals surface area contributed by atoms with Gasteiger partial charge in [-0.25, -0.2) is 14.2 Å². The van der Waals surface area contributed by atoms with Crippen molar-refractivity contribution in [2.75, 3.05) is 13.7 Å². The molecule has 0 spiro atoms. The molecular weight excluding hydrogens is 601 g/mol. The molecule has 0 N–H and O–H groups in total. The first-order chi connectivity index (χ1) is 22.4. The lowest BCUT2D eigenvalue weighted by molar-refractivity contribution is -0.139. The van der Waals surface area contributed by atoms with Crippen LogP contribution < -0.4 is 19.6 Å².